The number of aliphatic imine (C=N–C) groups is 1. The topological polar surface area (TPSA) is 134 Å². The quantitative estimate of drug-likeness (QED) is 0.234. The third kappa shape index (κ3) is 3.73. The average Bonchev–Trinajstić information content (AvgIpc) is 2.64. The van der Waals surface area contributed by atoms with E-state index in [1.165, 1.54) is 0 Å². The molecule has 0 unspecified atom stereocenters. The van der Waals surface area contributed by atoms with Gasteiger partial charge >= 0.3 is 5.97 Å². The van der Waals surface area contributed by atoms with E-state index in [0.717, 1.165) is 6.08 Å². The second-order valence-electron chi connectivity index (χ2n) is 5.16. The molecule has 0 fully saturated rings. The maximum atomic E-state index is 12.3. The Kier molecular flexibility index (Phi) is 5.65. The molecule has 0 heterocycles. The lowest BCUT2D eigenvalue weighted by molar-refractivity contribution is -0.138. The Morgan fingerprint density at radius 2 is 1.44 bits per heavy atom. The van der Waals surface area contributed by atoms with Crippen molar-refractivity contribution < 1.29 is 14.4 Å². The normalized spacial score (nSPS) is 11.5. The Bertz CT molecular complexity index is 758. The number of guanidine groups is 1. The highest BCUT2D eigenvalue weighted by Gasteiger charge is 2.39. The number of hydrogen-bond donors (Lipinski definition) is 3. The maximum Gasteiger partial charge on any atom is 0.351 e. The summed E-state index contributed by atoms with van der Waals surface area (Å²) in [7, 11) is 0. The van der Waals surface area contributed by atoms with Gasteiger partial charge in [0.05, 0.1) is 5.70 Å². The molecule has 0 aliphatic heterocycles. The van der Waals surface area contributed by atoms with Crippen LogP contribution in [0.4, 0.5) is 0 Å². The Morgan fingerprint density at radius 1 is 0.960 bits per heavy atom. The summed E-state index contributed by atoms with van der Waals surface area (Å²) in [5.41, 5.74) is 10.8. The smallest absolute Gasteiger partial charge is 0.351 e. The number of allylic oxidation sites excluding steroid dienone is 1. The van der Waals surface area contributed by atoms with E-state index >= 15 is 0 Å². The minimum absolute atomic E-state index is 0.00431. The predicted octanol–water partition coefficient (Wildman–Crippen LogP) is 0.746. The molecule has 7 heteroatoms. The molecule has 0 saturated carbocycles. The van der Waals surface area contributed by atoms with Gasteiger partial charge in [-0.25, -0.2) is 9.79 Å². The molecule has 0 spiro atoms. The summed E-state index contributed by atoms with van der Waals surface area (Å²) in [6.45, 7) is 0. The van der Waals surface area contributed by atoms with Crippen molar-refractivity contribution in [2.45, 2.75) is 5.41 Å². The van der Waals surface area contributed by atoms with Gasteiger partial charge in [-0.1, -0.05) is 60.7 Å². The van der Waals surface area contributed by atoms with Gasteiger partial charge in [0.1, 0.15) is 11.7 Å². The molecule has 7 nitrogen and oxygen atoms in total. The lowest BCUT2D eigenvalue weighted by atomic mass is 9.73. The van der Waals surface area contributed by atoms with Crippen molar-refractivity contribution in [2.24, 2.45) is 22.4 Å². The first kappa shape index (κ1) is 17.9. The minimum Gasteiger partial charge on any atom is -0.370 e. The third-order valence-corrected chi connectivity index (χ3v) is 3.66. The molecule has 0 bridgehead atoms. The molecule has 0 atom stereocenters. The second-order valence-corrected chi connectivity index (χ2v) is 5.16. The first-order valence-corrected chi connectivity index (χ1v) is 7.34. The summed E-state index contributed by atoms with van der Waals surface area (Å²) in [6, 6.07) is 17.7. The van der Waals surface area contributed by atoms with E-state index in [0.29, 0.717) is 17.4 Å². The first-order chi connectivity index (χ1) is 12.0. The second kappa shape index (κ2) is 7.89. The van der Waals surface area contributed by atoms with Gasteiger partial charge in [-0.3, -0.25) is 0 Å². The monoisotopic (exact) mass is 338 g/mol. The van der Waals surface area contributed by atoms with Gasteiger partial charge in [0.2, 0.25) is 0 Å². The number of carbonyl (C=O) groups is 2. The number of benzene rings is 2. The van der Waals surface area contributed by atoms with Crippen LogP contribution in [0.25, 0.3) is 0 Å². The van der Waals surface area contributed by atoms with Crippen LogP contribution in [0.1, 0.15) is 11.1 Å². The summed E-state index contributed by atoms with van der Waals surface area (Å²) in [5.74, 6) is 3.72. The fourth-order valence-corrected chi connectivity index (χ4v) is 2.58. The van der Waals surface area contributed by atoms with E-state index in [1.54, 1.807) is 48.5 Å². The van der Waals surface area contributed by atoms with Crippen molar-refractivity contribution in [3.63, 3.8) is 0 Å². The third-order valence-electron chi connectivity index (χ3n) is 3.66. The Labute approximate surface area is 144 Å². The van der Waals surface area contributed by atoms with Gasteiger partial charge in [-0.2, -0.15) is 5.90 Å². The Hall–Kier alpha value is -3.45. The number of carbonyl (C=O) groups excluding carboxylic acids is 2. The summed E-state index contributed by atoms with van der Waals surface area (Å²) >= 11 is 0. The molecule has 2 aromatic rings. The van der Waals surface area contributed by atoms with E-state index in [4.69, 9.17) is 17.4 Å². The van der Waals surface area contributed by atoms with Crippen molar-refractivity contribution in [2.75, 3.05) is 0 Å². The highest BCUT2D eigenvalue weighted by atomic mass is 16.7. The van der Waals surface area contributed by atoms with E-state index in [-0.39, 0.29) is 11.7 Å². The molecule has 0 saturated heterocycles. The fourth-order valence-electron chi connectivity index (χ4n) is 2.58. The van der Waals surface area contributed by atoms with Crippen molar-refractivity contribution >= 4 is 18.2 Å². The summed E-state index contributed by atoms with van der Waals surface area (Å²) in [6.07, 6.45) is 1.67. The lowest BCUT2D eigenvalue weighted by Crippen LogP contribution is -2.34. The van der Waals surface area contributed by atoms with Crippen LogP contribution < -0.4 is 17.4 Å². The average molecular weight is 338 g/mol. The first-order valence-electron chi connectivity index (χ1n) is 7.34. The zero-order valence-electron chi connectivity index (χ0n) is 13.3. The lowest BCUT2D eigenvalue weighted by Gasteiger charge is -2.30. The molecule has 2 rings (SSSR count). The van der Waals surface area contributed by atoms with Crippen molar-refractivity contribution in [1.82, 2.24) is 0 Å². The van der Waals surface area contributed by atoms with Crippen LogP contribution >= 0.6 is 0 Å². The molecule has 0 aliphatic carbocycles. The molecule has 0 amide bonds. The zero-order valence-corrected chi connectivity index (χ0v) is 13.3. The Morgan fingerprint density at radius 3 is 1.80 bits per heavy atom. The zero-order chi connectivity index (χ0) is 18.3. The van der Waals surface area contributed by atoms with Crippen LogP contribution in [-0.2, 0) is 19.8 Å². The molecule has 2 aromatic carbocycles. The molecular formula is C18H18N4O3. The van der Waals surface area contributed by atoms with E-state index in [2.05, 4.69) is 9.83 Å². The SMILES string of the molecule is NOC(=O)C=C(N=C(N)N)C(C=O)(c1ccccc1)c1ccccc1. The molecule has 6 N–H and O–H groups in total. The van der Waals surface area contributed by atoms with Crippen LogP contribution in [0.5, 0.6) is 0 Å². The van der Waals surface area contributed by atoms with Crippen molar-refractivity contribution in [1.29, 1.82) is 0 Å². The summed E-state index contributed by atoms with van der Waals surface area (Å²) in [5, 5.41) is 0. The van der Waals surface area contributed by atoms with Crippen LogP contribution in [0.15, 0.2) is 77.4 Å². The molecular weight excluding hydrogens is 320 g/mol. The van der Waals surface area contributed by atoms with E-state index < -0.39 is 11.4 Å². The molecule has 25 heavy (non-hydrogen) atoms. The van der Waals surface area contributed by atoms with E-state index in [1.807, 2.05) is 12.1 Å². The van der Waals surface area contributed by atoms with Gasteiger partial charge in [0.25, 0.3) is 0 Å². The van der Waals surface area contributed by atoms with Gasteiger partial charge in [-0.15, -0.1) is 0 Å². The van der Waals surface area contributed by atoms with Gasteiger partial charge < -0.3 is 21.1 Å². The van der Waals surface area contributed by atoms with Gasteiger partial charge in [-0.05, 0) is 11.1 Å². The number of aldehydes is 1. The molecule has 128 valence electrons. The van der Waals surface area contributed by atoms with Crippen LogP contribution in [0.2, 0.25) is 0 Å². The number of nitrogens with zero attached hydrogens (tertiary/aromatic N) is 1. The van der Waals surface area contributed by atoms with Crippen LogP contribution in [-0.4, -0.2) is 18.2 Å². The number of hydrogen-bond acceptors (Lipinski definition) is 5. The highest BCUT2D eigenvalue weighted by molar-refractivity contribution is 5.90. The maximum absolute atomic E-state index is 12.3. The summed E-state index contributed by atoms with van der Waals surface area (Å²) < 4.78 is 0. The number of nitrogens with two attached hydrogens (primary N) is 3. The van der Waals surface area contributed by atoms with Gasteiger partial charge in [0, 0.05) is 6.08 Å². The predicted molar refractivity (Wildman–Crippen MR) is 93.9 cm³/mol. The molecule has 0 radical (unpaired) electrons. The van der Waals surface area contributed by atoms with Crippen LogP contribution in [0, 0.1) is 0 Å². The Balaban J connectivity index is 2.85. The summed E-state index contributed by atoms with van der Waals surface area (Å²) in [4.78, 5) is 32.3. The molecule has 0 aliphatic rings. The largest absolute Gasteiger partial charge is 0.370 e. The number of rotatable bonds is 6. The van der Waals surface area contributed by atoms with E-state index in [9.17, 15) is 9.59 Å². The fraction of sp³-hybridized carbons (Fsp3) is 0.0556. The van der Waals surface area contributed by atoms with Crippen LogP contribution in [0.3, 0.4) is 0 Å². The van der Waals surface area contributed by atoms with Crippen molar-refractivity contribution in [3.05, 3.63) is 83.6 Å². The highest BCUT2D eigenvalue weighted by Crippen LogP contribution is 2.38. The standard InChI is InChI=1S/C18H18N4O3/c19-17(20)22-15(11-16(24)25-21)18(12-23,13-7-3-1-4-8-13)14-9-5-2-6-10-14/h1-12H,21H2,(H4,19,20,22). The minimum atomic E-state index is -1.42. The molecule has 0 aromatic heterocycles. The van der Waals surface area contributed by atoms with Crippen molar-refractivity contribution in [3.8, 4) is 0 Å². The van der Waals surface area contributed by atoms with Gasteiger partial charge in [0.15, 0.2) is 5.96 Å².